The first-order valence-electron chi connectivity index (χ1n) is 14.7. The third kappa shape index (κ3) is 4.96. The fourth-order valence-corrected chi connectivity index (χ4v) is 6.08. The molecule has 0 amide bonds. The Hall–Kier alpha value is -5.12. The Morgan fingerprint density at radius 3 is 1.95 bits per heavy atom. The molecule has 6 aromatic rings. The lowest BCUT2D eigenvalue weighted by atomic mass is 9.87. The van der Waals surface area contributed by atoms with Crippen LogP contribution in [0.5, 0.6) is 0 Å². The summed E-state index contributed by atoms with van der Waals surface area (Å²) in [6, 6.07) is 46.4. The molecule has 0 N–H and O–H groups in total. The Labute approximate surface area is 248 Å². The van der Waals surface area contributed by atoms with Crippen molar-refractivity contribution in [1.29, 1.82) is 0 Å². The smallest absolute Gasteiger partial charge is 0.0346 e. The molecule has 7 rings (SSSR count). The molecule has 0 atom stereocenters. The van der Waals surface area contributed by atoms with Gasteiger partial charge in [-0.1, -0.05) is 133 Å². The van der Waals surface area contributed by atoms with E-state index in [9.17, 15) is 0 Å². The Morgan fingerprint density at radius 2 is 1.10 bits per heavy atom. The molecular weight excluding hydrogens is 504 g/mol. The van der Waals surface area contributed by atoms with Crippen molar-refractivity contribution >= 4 is 32.7 Å². The third-order valence-corrected chi connectivity index (χ3v) is 8.50. The minimum absolute atomic E-state index is 0.749. The van der Waals surface area contributed by atoms with Crippen LogP contribution in [0.2, 0.25) is 0 Å². The Balaban J connectivity index is 1.28. The van der Waals surface area contributed by atoms with Crippen LogP contribution in [0.25, 0.3) is 54.9 Å². The van der Waals surface area contributed by atoms with Crippen molar-refractivity contribution in [2.45, 2.75) is 26.7 Å². The van der Waals surface area contributed by atoms with Crippen molar-refractivity contribution in [1.82, 2.24) is 0 Å². The fourth-order valence-electron chi connectivity index (χ4n) is 6.08. The van der Waals surface area contributed by atoms with Gasteiger partial charge in [-0.15, -0.1) is 0 Å². The molecule has 0 spiro atoms. The van der Waals surface area contributed by atoms with Crippen LogP contribution < -0.4 is 0 Å². The molecule has 6 aromatic carbocycles. The minimum Gasteiger partial charge on any atom is -0.0985 e. The minimum atomic E-state index is 0.749. The Bertz CT molecular complexity index is 2070. The summed E-state index contributed by atoms with van der Waals surface area (Å²) in [5.74, 6) is 6.84. The summed E-state index contributed by atoms with van der Waals surface area (Å²) in [5.41, 5.74) is 12.6. The quantitative estimate of drug-likeness (QED) is 0.155. The lowest BCUT2D eigenvalue weighted by Crippen LogP contribution is -1.96. The fraction of sp³-hybridized carbons (Fsp3) is 0.0952. The van der Waals surface area contributed by atoms with Gasteiger partial charge in [0.1, 0.15) is 0 Å². The predicted octanol–water partition coefficient (Wildman–Crippen LogP) is 11.3. The van der Waals surface area contributed by atoms with Crippen molar-refractivity contribution in [3.05, 3.63) is 156 Å². The number of aryl methyl sites for hydroxylation is 1. The average Bonchev–Trinajstić information content (AvgIpc) is 3.04. The van der Waals surface area contributed by atoms with Crippen LogP contribution in [0.1, 0.15) is 36.5 Å². The van der Waals surface area contributed by atoms with Crippen LogP contribution in [0.3, 0.4) is 0 Å². The predicted molar refractivity (Wildman–Crippen MR) is 181 cm³/mol. The topological polar surface area (TPSA) is 0 Å². The molecule has 0 radical (unpaired) electrons. The largest absolute Gasteiger partial charge is 0.0985 e. The van der Waals surface area contributed by atoms with Gasteiger partial charge in [0.2, 0.25) is 0 Å². The number of fused-ring (bicyclic) bond motifs is 3. The van der Waals surface area contributed by atoms with Gasteiger partial charge in [0, 0.05) is 12.8 Å². The standard InChI is InChI=1S/C42H32/c1-29-10-6-7-14-35(33-20-18-32(19-21-33)31-11-4-3-5-12-31)27-41(29)42-28-37(17-16-30(42)2)36-24-25-40-38(26-36)23-22-34-13-8-9-15-39(34)40/h3-5,8-9,11-13,15-28H,10,14H2,1-2H3/b35-27+,41-29+. The molecule has 0 saturated carbocycles. The van der Waals surface area contributed by atoms with Crippen molar-refractivity contribution in [3.8, 4) is 34.1 Å². The molecule has 0 unspecified atom stereocenters. The van der Waals surface area contributed by atoms with E-state index in [4.69, 9.17) is 0 Å². The second-order valence-electron chi connectivity index (χ2n) is 11.3. The third-order valence-electron chi connectivity index (χ3n) is 8.50. The van der Waals surface area contributed by atoms with Crippen molar-refractivity contribution in [3.63, 3.8) is 0 Å². The maximum atomic E-state index is 3.43. The van der Waals surface area contributed by atoms with E-state index >= 15 is 0 Å². The zero-order valence-corrected chi connectivity index (χ0v) is 24.1. The number of rotatable bonds is 4. The van der Waals surface area contributed by atoms with Gasteiger partial charge in [0.05, 0.1) is 0 Å². The number of benzene rings is 6. The monoisotopic (exact) mass is 536 g/mol. The molecule has 42 heavy (non-hydrogen) atoms. The summed E-state index contributed by atoms with van der Waals surface area (Å²) in [7, 11) is 0. The van der Waals surface area contributed by atoms with Crippen LogP contribution in [0.15, 0.2) is 139 Å². The van der Waals surface area contributed by atoms with Crippen LogP contribution in [-0.2, 0) is 0 Å². The van der Waals surface area contributed by atoms with Gasteiger partial charge in [0.15, 0.2) is 0 Å². The Kier molecular flexibility index (Phi) is 6.79. The summed E-state index contributed by atoms with van der Waals surface area (Å²) in [5, 5.41) is 5.15. The molecule has 0 aliphatic heterocycles. The molecule has 200 valence electrons. The Morgan fingerprint density at radius 1 is 0.476 bits per heavy atom. The van der Waals surface area contributed by atoms with Crippen LogP contribution >= 0.6 is 0 Å². The van der Waals surface area contributed by atoms with E-state index in [1.807, 2.05) is 0 Å². The summed E-state index contributed by atoms with van der Waals surface area (Å²) in [6.45, 7) is 4.45. The van der Waals surface area contributed by atoms with E-state index in [-0.39, 0.29) is 0 Å². The van der Waals surface area contributed by atoms with Crippen LogP contribution in [-0.4, -0.2) is 0 Å². The van der Waals surface area contributed by atoms with Crippen molar-refractivity contribution < 1.29 is 0 Å². The molecule has 0 bridgehead atoms. The number of hydrogen-bond donors (Lipinski definition) is 0. The maximum Gasteiger partial charge on any atom is 0.0346 e. The zero-order chi connectivity index (χ0) is 28.5. The van der Waals surface area contributed by atoms with Gasteiger partial charge < -0.3 is 0 Å². The molecular formula is C42H32. The molecule has 1 aliphatic rings. The van der Waals surface area contributed by atoms with E-state index in [2.05, 4.69) is 159 Å². The summed E-state index contributed by atoms with van der Waals surface area (Å²) < 4.78 is 0. The second-order valence-corrected chi connectivity index (χ2v) is 11.3. The average molecular weight is 537 g/mol. The number of hydrogen-bond acceptors (Lipinski definition) is 0. The molecule has 0 heterocycles. The zero-order valence-electron chi connectivity index (χ0n) is 24.1. The molecule has 0 saturated heterocycles. The highest BCUT2D eigenvalue weighted by molar-refractivity contribution is 6.08. The highest BCUT2D eigenvalue weighted by atomic mass is 14.2. The molecule has 0 heteroatoms. The molecule has 1 aliphatic carbocycles. The van der Waals surface area contributed by atoms with E-state index < -0.39 is 0 Å². The van der Waals surface area contributed by atoms with Gasteiger partial charge in [-0.25, -0.2) is 0 Å². The first-order valence-corrected chi connectivity index (χ1v) is 14.7. The van der Waals surface area contributed by atoms with Crippen LogP contribution in [0, 0.1) is 18.8 Å². The lowest BCUT2D eigenvalue weighted by molar-refractivity contribution is 1.24. The van der Waals surface area contributed by atoms with E-state index in [0.29, 0.717) is 0 Å². The van der Waals surface area contributed by atoms with Crippen LogP contribution in [0.4, 0.5) is 0 Å². The van der Waals surface area contributed by atoms with Gasteiger partial charge >= 0.3 is 0 Å². The van der Waals surface area contributed by atoms with Crippen molar-refractivity contribution in [2.24, 2.45) is 0 Å². The SMILES string of the molecule is C/C1=C(c2cc(-c3ccc4c(ccc5ccccc54)c3)ccc2C)/C=C(/c2ccc(-c3ccccc3)cc2)CC#CC1. The van der Waals surface area contributed by atoms with E-state index in [1.165, 1.54) is 77.2 Å². The lowest BCUT2D eigenvalue weighted by Gasteiger charge is -2.17. The highest BCUT2D eigenvalue weighted by Gasteiger charge is 2.13. The molecule has 0 aromatic heterocycles. The molecule has 0 fully saturated rings. The van der Waals surface area contributed by atoms with Gasteiger partial charge in [-0.3, -0.25) is 0 Å². The van der Waals surface area contributed by atoms with Gasteiger partial charge in [0.25, 0.3) is 0 Å². The second kappa shape index (κ2) is 11.0. The first-order chi connectivity index (χ1) is 20.6. The van der Waals surface area contributed by atoms with E-state index in [1.54, 1.807) is 0 Å². The molecule has 0 nitrogen and oxygen atoms in total. The van der Waals surface area contributed by atoms with Crippen molar-refractivity contribution in [2.75, 3.05) is 0 Å². The normalized spacial score (nSPS) is 16.3. The first kappa shape index (κ1) is 25.8. The summed E-state index contributed by atoms with van der Waals surface area (Å²) >= 11 is 0. The summed E-state index contributed by atoms with van der Waals surface area (Å²) in [4.78, 5) is 0. The number of allylic oxidation sites excluding steroid dienone is 4. The maximum absolute atomic E-state index is 3.43. The van der Waals surface area contributed by atoms with Gasteiger partial charge in [-0.2, -0.15) is 0 Å². The highest BCUT2D eigenvalue weighted by Crippen LogP contribution is 2.36. The summed E-state index contributed by atoms with van der Waals surface area (Å²) in [6.07, 6.45) is 3.93. The van der Waals surface area contributed by atoms with Gasteiger partial charge in [-0.05, 0) is 104 Å². The van der Waals surface area contributed by atoms with E-state index in [0.717, 1.165) is 12.8 Å².